The molecule has 6 nitrogen and oxygen atoms in total. The van der Waals surface area contributed by atoms with Crippen molar-refractivity contribution < 1.29 is 28.0 Å². The summed E-state index contributed by atoms with van der Waals surface area (Å²) in [4.78, 5) is 15.3. The van der Waals surface area contributed by atoms with Crippen molar-refractivity contribution in [3.05, 3.63) is 0 Å². The first-order valence-electron chi connectivity index (χ1n) is 4.02. The van der Waals surface area contributed by atoms with Crippen molar-refractivity contribution >= 4 is 15.2 Å². The Bertz CT molecular complexity index is 204. The molecule has 0 aromatic carbocycles. The highest BCUT2D eigenvalue weighted by Crippen LogP contribution is 2.43. The molecule has 0 saturated heterocycles. The van der Waals surface area contributed by atoms with Gasteiger partial charge in [-0.05, 0) is 13.8 Å². The highest BCUT2D eigenvalue weighted by Gasteiger charge is 2.13. The van der Waals surface area contributed by atoms with Crippen molar-refractivity contribution in [1.29, 1.82) is 0 Å². The topological polar surface area (TPSA) is 93.1 Å². The first-order chi connectivity index (χ1) is 6.12. The van der Waals surface area contributed by atoms with Gasteiger partial charge in [0.05, 0.1) is 13.2 Å². The van der Waals surface area contributed by atoms with Gasteiger partial charge in [-0.2, -0.15) is 0 Å². The molecule has 0 aromatic rings. The molecule has 0 aliphatic heterocycles. The van der Waals surface area contributed by atoms with Crippen LogP contribution < -0.4 is 0 Å². The molecule has 0 bridgehead atoms. The molecule has 0 saturated carbocycles. The summed E-state index contributed by atoms with van der Waals surface area (Å²) in [5.41, 5.74) is 0. The summed E-state index contributed by atoms with van der Waals surface area (Å²) in [5.74, 6) is 0. The van der Waals surface area contributed by atoms with Gasteiger partial charge < -0.3 is 18.8 Å². The number of hydrogen-bond donors (Lipinski definition) is 2. The zero-order valence-corrected chi connectivity index (χ0v) is 10.6. The van der Waals surface area contributed by atoms with Crippen molar-refractivity contribution in [2.75, 3.05) is 26.5 Å². The SMILES string of the molecule is CCOP(C)(=O)OCC.CP(=O)(O)O. The van der Waals surface area contributed by atoms with Gasteiger partial charge in [-0.3, -0.25) is 9.13 Å². The van der Waals surface area contributed by atoms with Gasteiger partial charge in [0, 0.05) is 13.3 Å². The van der Waals surface area contributed by atoms with E-state index in [0.717, 1.165) is 6.66 Å². The van der Waals surface area contributed by atoms with Crippen LogP contribution in [0.5, 0.6) is 0 Å². The minimum Gasteiger partial charge on any atom is -0.325 e. The Kier molecular flexibility index (Phi) is 9.04. The molecule has 14 heavy (non-hydrogen) atoms. The van der Waals surface area contributed by atoms with Crippen LogP contribution in [0.4, 0.5) is 0 Å². The fraction of sp³-hybridized carbons (Fsp3) is 1.00. The van der Waals surface area contributed by atoms with E-state index in [-0.39, 0.29) is 0 Å². The molecule has 0 rings (SSSR count). The monoisotopic (exact) mass is 248 g/mol. The van der Waals surface area contributed by atoms with E-state index in [1.165, 1.54) is 6.66 Å². The summed E-state index contributed by atoms with van der Waals surface area (Å²) < 4.78 is 29.9. The Morgan fingerprint density at radius 1 is 1.00 bits per heavy atom. The average molecular weight is 248 g/mol. The third-order valence-electron chi connectivity index (χ3n) is 0.727. The minimum atomic E-state index is -3.64. The second-order valence-corrected chi connectivity index (χ2v) is 6.17. The van der Waals surface area contributed by atoms with Gasteiger partial charge >= 0.3 is 15.2 Å². The molecule has 0 aromatic heterocycles. The lowest BCUT2D eigenvalue weighted by Crippen LogP contribution is -1.92. The first-order valence-corrected chi connectivity index (χ1v) is 8.07. The van der Waals surface area contributed by atoms with E-state index >= 15 is 0 Å². The molecule has 0 unspecified atom stereocenters. The molecule has 88 valence electrons. The fourth-order valence-electron chi connectivity index (χ4n) is 0.506. The Balaban J connectivity index is 0. The second kappa shape index (κ2) is 7.57. The fourth-order valence-corrected chi connectivity index (χ4v) is 1.52. The summed E-state index contributed by atoms with van der Waals surface area (Å²) in [7, 11) is -6.33. The van der Waals surface area contributed by atoms with Crippen molar-refractivity contribution in [2.45, 2.75) is 13.8 Å². The maximum atomic E-state index is 11.0. The van der Waals surface area contributed by atoms with Gasteiger partial charge in [-0.15, -0.1) is 0 Å². The molecule has 0 spiro atoms. The lowest BCUT2D eigenvalue weighted by Gasteiger charge is -2.10. The molecule has 0 atom stereocenters. The van der Waals surface area contributed by atoms with Crippen molar-refractivity contribution in [2.24, 2.45) is 0 Å². The molecule has 0 radical (unpaired) electrons. The molecule has 0 aliphatic rings. The molecule has 0 fully saturated rings. The predicted octanol–water partition coefficient (Wildman–Crippen LogP) is 1.68. The third kappa shape index (κ3) is 22.8. The summed E-state index contributed by atoms with van der Waals surface area (Å²) in [6.07, 6.45) is 0. The summed E-state index contributed by atoms with van der Waals surface area (Å²) in [6.45, 7) is 6.78. The van der Waals surface area contributed by atoms with Crippen LogP contribution in [0.25, 0.3) is 0 Å². The van der Waals surface area contributed by atoms with Gasteiger partial charge in [-0.1, -0.05) is 0 Å². The van der Waals surface area contributed by atoms with E-state index in [4.69, 9.17) is 18.8 Å². The van der Waals surface area contributed by atoms with Gasteiger partial charge in [0.25, 0.3) is 0 Å². The van der Waals surface area contributed by atoms with Crippen molar-refractivity contribution in [3.63, 3.8) is 0 Å². The molecule has 8 heteroatoms. The Hall–Kier alpha value is 0.300. The van der Waals surface area contributed by atoms with Crippen LogP contribution in [0, 0.1) is 0 Å². The number of hydrogen-bond acceptors (Lipinski definition) is 4. The number of rotatable bonds is 4. The van der Waals surface area contributed by atoms with Crippen molar-refractivity contribution in [3.8, 4) is 0 Å². The highest BCUT2D eigenvalue weighted by atomic mass is 31.2. The van der Waals surface area contributed by atoms with Crippen molar-refractivity contribution in [1.82, 2.24) is 0 Å². The second-order valence-electron chi connectivity index (χ2n) is 2.44. The van der Waals surface area contributed by atoms with Gasteiger partial charge in [0.2, 0.25) is 0 Å². The van der Waals surface area contributed by atoms with E-state index in [9.17, 15) is 9.13 Å². The maximum absolute atomic E-state index is 11.0. The first kappa shape index (κ1) is 16.7. The molecule has 0 heterocycles. The quantitative estimate of drug-likeness (QED) is 0.735. The normalized spacial score (nSPS) is 11.9. The van der Waals surface area contributed by atoms with Crippen LogP contribution in [0.15, 0.2) is 0 Å². The lowest BCUT2D eigenvalue weighted by atomic mass is 10.9. The third-order valence-corrected chi connectivity index (χ3v) is 2.18. The van der Waals surface area contributed by atoms with Crippen LogP contribution in [-0.4, -0.2) is 36.3 Å². The Morgan fingerprint density at radius 3 is 1.36 bits per heavy atom. The van der Waals surface area contributed by atoms with Crippen LogP contribution in [-0.2, 0) is 18.2 Å². The largest absolute Gasteiger partial charge is 0.327 e. The van der Waals surface area contributed by atoms with Crippen LogP contribution in [0.2, 0.25) is 0 Å². The smallest absolute Gasteiger partial charge is 0.325 e. The highest BCUT2D eigenvalue weighted by molar-refractivity contribution is 7.53. The van der Waals surface area contributed by atoms with E-state index in [1.807, 2.05) is 0 Å². The standard InChI is InChI=1S/C5H13O3P.CH5O3P/c1-4-7-9(3,6)8-5-2;1-5(2,3)4/h4-5H2,1-3H3;1H3,(H2,2,3,4). The van der Waals surface area contributed by atoms with E-state index in [0.29, 0.717) is 13.2 Å². The summed E-state index contributed by atoms with van der Waals surface area (Å²) >= 11 is 0. The molecular weight excluding hydrogens is 230 g/mol. The molecule has 0 aliphatic carbocycles. The van der Waals surface area contributed by atoms with E-state index < -0.39 is 15.2 Å². The predicted molar refractivity (Wildman–Crippen MR) is 54.8 cm³/mol. The summed E-state index contributed by atoms with van der Waals surface area (Å²) in [5, 5.41) is 0. The van der Waals surface area contributed by atoms with Crippen LogP contribution in [0.1, 0.15) is 13.8 Å². The summed E-state index contributed by atoms with van der Waals surface area (Å²) in [6, 6.07) is 0. The molecular formula is C6H18O6P2. The van der Waals surface area contributed by atoms with Crippen LogP contribution in [0.3, 0.4) is 0 Å². The minimum absolute atomic E-state index is 0.438. The van der Waals surface area contributed by atoms with Gasteiger partial charge in [-0.25, -0.2) is 0 Å². The lowest BCUT2D eigenvalue weighted by molar-refractivity contribution is 0.225. The Labute approximate surface area is 84.3 Å². The van der Waals surface area contributed by atoms with E-state index in [1.54, 1.807) is 13.8 Å². The zero-order valence-electron chi connectivity index (χ0n) is 8.84. The van der Waals surface area contributed by atoms with Crippen LogP contribution >= 0.6 is 15.2 Å². The maximum Gasteiger partial charge on any atom is 0.327 e. The van der Waals surface area contributed by atoms with Gasteiger partial charge in [0.15, 0.2) is 0 Å². The zero-order chi connectivity index (χ0) is 11.8. The Morgan fingerprint density at radius 2 is 1.21 bits per heavy atom. The molecule has 2 N–H and O–H groups in total. The average Bonchev–Trinajstić information content (AvgIpc) is 1.81. The van der Waals surface area contributed by atoms with Gasteiger partial charge in [0.1, 0.15) is 0 Å². The molecule has 0 amide bonds. The van der Waals surface area contributed by atoms with E-state index in [2.05, 4.69) is 0 Å².